The van der Waals surface area contributed by atoms with E-state index in [-0.39, 0.29) is 5.97 Å². The van der Waals surface area contributed by atoms with Crippen molar-refractivity contribution in [2.45, 2.75) is 37.4 Å². The lowest BCUT2D eigenvalue weighted by Crippen LogP contribution is -2.54. The van der Waals surface area contributed by atoms with Crippen LogP contribution in [0.25, 0.3) is 0 Å². The van der Waals surface area contributed by atoms with Crippen molar-refractivity contribution in [1.29, 1.82) is 0 Å². The fourth-order valence-electron chi connectivity index (χ4n) is 3.04. The van der Waals surface area contributed by atoms with Crippen LogP contribution in [-0.4, -0.2) is 42.6 Å². The van der Waals surface area contributed by atoms with Crippen LogP contribution < -0.4 is 5.32 Å². The van der Waals surface area contributed by atoms with E-state index in [1.54, 1.807) is 0 Å². The molecule has 2 fully saturated rings. The second-order valence-electron chi connectivity index (χ2n) is 5.86. The largest absolute Gasteiger partial charge is 0.468 e. The number of carbonyl (C=O) groups excluding carboxylic acids is 1. The molecule has 108 valence electrons. The zero-order chi connectivity index (χ0) is 14.0. The van der Waals surface area contributed by atoms with Gasteiger partial charge in [-0.2, -0.15) is 0 Å². The molecule has 1 aliphatic heterocycles. The Morgan fingerprint density at radius 1 is 1.40 bits per heavy atom. The Balaban J connectivity index is 1.68. The summed E-state index contributed by atoms with van der Waals surface area (Å²) < 4.78 is 5.05. The molecule has 0 bridgehead atoms. The maximum atomic E-state index is 12.2. The molecule has 4 heteroatoms. The number of esters is 1. The van der Waals surface area contributed by atoms with E-state index in [9.17, 15) is 4.79 Å². The summed E-state index contributed by atoms with van der Waals surface area (Å²) in [5.41, 5.74) is 0.661. The average molecular weight is 274 g/mol. The van der Waals surface area contributed by atoms with E-state index in [0.29, 0.717) is 12.6 Å². The molecule has 2 aliphatic rings. The number of likely N-dealkylation sites (tertiary alicyclic amines) is 1. The number of benzene rings is 1. The highest BCUT2D eigenvalue weighted by Gasteiger charge is 2.48. The zero-order valence-corrected chi connectivity index (χ0v) is 12.0. The molecule has 1 saturated carbocycles. The van der Waals surface area contributed by atoms with E-state index in [1.165, 1.54) is 25.5 Å². The quantitative estimate of drug-likeness (QED) is 0.827. The molecule has 0 spiro atoms. The first-order valence-corrected chi connectivity index (χ1v) is 7.35. The van der Waals surface area contributed by atoms with E-state index in [0.717, 1.165) is 19.5 Å². The summed E-state index contributed by atoms with van der Waals surface area (Å²) in [5, 5.41) is 3.46. The van der Waals surface area contributed by atoms with Gasteiger partial charge in [0.1, 0.15) is 5.54 Å². The Morgan fingerprint density at radius 2 is 2.15 bits per heavy atom. The van der Waals surface area contributed by atoms with E-state index in [1.807, 2.05) is 18.2 Å². The minimum atomic E-state index is -0.535. The molecule has 4 nitrogen and oxygen atoms in total. The number of hydrogen-bond donors (Lipinski definition) is 1. The SMILES string of the molecule is COC(=O)C1(NCc2ccccc2)CCN(C2CC2)C1. The summed E-state index contributed by atoms with van der Waals surface area (Å²) in [6.45, 7) is 2.47. The molecule has 1 N–H and O–H groups in total. The van der Waals surface area contributed by atoms with Crippen LogP contribution in [-0.2, 0) is 16.1 Å². The third kappa shape index (κ3) is 2.72. The average Bonchev–Trinajstić information content (AvgIpc) is 3.26. The third-order valence-electron chi connectivity index (χ3n) is 4.41. The molecular weight excluding hydrogens is 252 g/mol. The Hall–Kier alpha value is -1.39. The van der Waals surface area contributed by atoms with Crippen LogP contribution in [0.15, 0.2) is 30.3 Å². The highest BCUT2D eigenvalue weighted by Crippen LogP contribution is 2.34. The fraction of sp³-hybridized carbons (Fsp3) is 0.562. The third-order valence-corrected chi connectivity index (χ3v) is 4.41. The normalized spacial score (nSPS) is 26.6. The summed E-state index contributed by atoms with van der Waals surface area (Å²) in [7, 11) is 1.48. The van der Waals surface area contributed by atoms with Crippen LogP contribution in [0, 0.1) is 0 Å². The van der Waals surface area contributed by atoms with Gasteiger partial charge in [-0.1, -0.05) is 30.3 Å². The van der Waals surface area contributed by atoms with Gasteiger partial charge in [-0.3, -0.25) is 15.0 Å². The van der Waals surface area contributed by atoms with Crippen molar-refractivity contribution < 1.29 is 9.53 Å². The van der Waals surface area contributed by atoms with Gasteiger partial charge in [-0.05, 0) is 24.8 Å². The predicted octanol–water partition coefficient (Wildman–Crippen LogP) is 1.56. The van der Waals surface area contributed by atoms with Gasteiger partial charge in [0.2, 0.25) is 0 Å². The van der Waals surface area contributed by atoms with Crippen LogP contribution in [0.5, 0.6) is 0 Å². The Kier molecular flexibility index (Phi) is 3.76. The molecular formula is C16H22N2O2. The summed E-state index contributed by atoms with van der Waals surface area (Å²) in [6, 6.07) is 10.9. The smallest absolute Gasteiger partial charge is 0.327 e. The Morgan fingerprint density at radius 3 is 2.80 bits per heavy atom. The topological polar surface area (TPSA) is 41.6 Å². The highest BCUT2D eigenvalue weighted by molar-refractivity contribution is 5.81. The van der Waals surface area contributed by atoms with Gasteiger partial charge in [0.15, 0.2) is 0 Å². The van der Waals surface area contributed by atoms with Crippen molar-refractivity contribution in [3.8, 4) is 0 Å². The van der Waals surface area contributed by atoms with Crippen molar-refractivity contribution in [2.75, 3.05) is 20.2 Å². The van der Waals surface area contributed by atoms with Crippen molar-refractivity contribution in [2.24, 2.45) is 0 Å². The molecule has 1 atom stereocenters. The molecule has 1 aromatic carbocycles. The standard InChI is InChI=1S/C16H22N2O2/c1-20-15(19)16(9-10-18(12-16)14-7-8-14)17-11-13-5-3-2-4-6-13/h2-6,14,17H,7-12H2,1H3. The minimum Gasteiger partial charge on any atom is -0.468 e. The summed E-state index contributed by atoms with van der Waals surface area (Å²) in [4.78, 5) is 14.7. The lowest BCUT2D eigenvalue weighted by molar-refractivity contribution is -0.148. The molecule has 0 amide bonds. The van der Waals surface area contributed by atoms with Gasteiger partial charge in [-0.15, -0.1) is 0 Å². The van der Waals surface area contributed by atoms with Crippen LogP contribution >= 0.6 is 0 Å². The first-order valence-electron chi connectivity index (χ1n) is 7.35. The van der Waals surface area contributed by atoms with Crippen molar-refractivity contribution in [1.82, 2.24) is 10.2 Å². The van der Waals surface area contributed by atoms with Gasteiger partial charge >= 0.3 is 5.97 Å². The van der Waals surface area contributed by atoms with Crippen molar-refractivity contribution in [3.63, 3.8) is 0 Å². The monoisotopic (exact) mass is 274 g/mol. The zero-order valence-electron chi connectivity index (χ0n) is 12.0. The van der Waals surface area contributed by atoms with Gasteiger partial charge in [-0.25, -0.2) is 0 Å². The molecule has 1 aliphatic carbocycles. The summed E-state index contributed by atoms with van der Waals surface area (Å²) >= 11 is 0. The molecule has 0 radical (unpaired) electrons. The second-order valence-corrected chi connectivity index (χ2v) is 5.86. The number of rotatable bonds is 5. The van der Waals surface area contributed by atoms with Gasteiger partial charge in [0, 0.05) is 25.7 Å². The molecule has 0 aromatic heterocycles. The van der Waals surface area contributed by atoms with Crippen LogP contribution in [0.2, 0.25) is 0 Å². The number of hydrogen-bond acceptors (Lipinski definition) is 4. The van der Waals surface area contributed by atoms with Gasteiger partial charge < -0.3 is 4.74 Å². The maximum Gasteiger partial charge on any atom is 0.327 e. The van der Waals surface area contributed by atoms with Crippen molar-refractivity contribution >= 4 is 5.97 Å². The Bertz CT molecular complexity index is 473. The van der Waals surface area contributed by atoms with Crippen LogP contribution in [0.4, 0.5) is 0 Å². The lowest BCUT2D eigenvalue weighted by Gasteiger charge is -2.28. The molecule has 20 heavy (non-hydrogen) atoms. The van der Waals surface area contributed by atoms with E-state index in [2.05, 4.69) is 22.3 Å². The van der Waals surface area contributed by atoms with E-state index >= 15 is 0 Å². The minimum absolute atomic E-state index is 0.128. The first-order chi connectivity index (χ1) is 9.73. The number of carbonyl (C=O) groups is 1. The van der Waals surface area contributed by atoms with Gasteiger partial charge in [0.05, 0.1) is 7.11 Å². The fourth-order valence-corrected chi connectivity index (χ4v) is 3.04. The van der Waals surface area contributed by atoms with Crippen LogP contribution in [0.3, 0.4) is 0 Å². The van der Waals surface area contributed by atoms with Crippen LogP contribution in [0.1, 0.15) is 24.8 Å². The predicted molar refractivity (Wildman–Crippen MR) is 77.2 cm³/mol. The molecule has 1 saturated heterocycles. The maximum absolute atomic E-state index is 12.2. The second kappa shape index (κ2) is 5.54. The molecule has 3 rings (SSSR count). The molecule has 1 heterocycles. The number of nitrogens with zero attached hydrogens (tertiary/aromatic N) is 1. The lowest BCUT2D eigenvalue weighted by atomic mass is 9.98. The highest BCUT2D eigenvalue weighted by atomic mass is 16.5. The van der Waals surface area contributed by atoms with E-state index in [4.69, 9.17) is 4.74 Å². The number of methoxy groups -OCH3 is 1. The summed E-state index contributed by atoms with van der Waals surface area (Å²) in [5.74, 6) is -0.128. The Labute approximate surface area is 120 Å². The summed E-state index contributed by atoms with van der Waals surface area (Å²) in [6.07, 6.45) is 3.38. The molecule has 1 unspecified atom stereocenters. The van der Waals surface area contributed by atoms with Crippen molar-refractivity contribution in [3.05, 3.63) is 35.9 Å². The number of ether oxygens (including phenoxy) is 1. The first kappa shape index (κ1) is 13.6. The molecule has 1 aromatic rings. The number of nitrogens with one attached hydrogen (secondary N) is 1. The van der Waals surface area contributed by atoms with E-state index < -0.39 is 5.54 Å². The van der Waals surface area contributed by atoms with Gasteiger partial charge in [0.25, 0.3) is 0 Å².